The Morgan fingerprint density at radius 2 is 1.74 bits per heavy atom. The monoisotopic (exact) mass is 380 g/mol. The van der Waals surface area contributed by atoms with Gasteiger partial charge in [-0.1, -0.05) is 54.1 Å². The Balaban J connectivity index is 1.61. The van der Waals surface area contributed by atoms with E-state index >= 15 is 0 Å². The van der Waals surface area contributed by atoms with Crippen LogP contribution in [0.1, 0.15) is 28.5 Å². The highest BCUT2D eigenvalue weighted by Gasteiger charge is 2.16. The standard InChI is InChI=1S/C21H21ClN4O/c1-2-26(15-17-6-4-3-5-7-17)21(27)19-13-25-20(14-23-19)24-12-16-8-10-18(22)11-9-16/h3-11,13-14H,2,12,15H2,1H3,(H,24,25). The van der Waals surface area contributed by atoms with Gasteiger partial charge in [0.2, 0.25) is 0 Å². The molecule has 3 aromatic rings. The van der Waals surface area contributed by atoms with Crippen molar-refractivity contribution in [3.63, 3.8) is 0 Å². The second-order valence-electron chi connectivity index (χ2n) is 6.07. The van der Waals surface area contributed by atoms with Crippen molar-refractivity contribution in [2.24, 2.45) is 0 Å². The molecule has 27 heavy (non-hydrogen) atoms. The molecule has 1 heterocycles. The Morgan fingerprint density at radius 1 is 1.00 bits per heavy atom. The van der Waals surface area contributed by atoms with Crippen LogP contribution >= 0.6 is 11.6 Å². The third-order valence-electron chi connectivity index (χ3n) is 4.14. The maximum atomic E-state index is 12.7. The van der Waals surface area contributed by atoms with Crippen LogP contribution < -0.4 is 5.32 Å². The van der Waals surface area contributed by atoms with Gasteiger partial charge in [-0.05, 0) is 30.2 Å². The van der Waals surface area contributed by atoms with Crippen molar-refractivity contribution in [2.45, 2.75) is 20.0 Å². The third kappa shape index (κ3) is 5.28. The first-order valence-electron chi connectivity index (χ1n) is 8.79. The third-order valence-corrected chi connectivity index (χ3v) is 4.40. The maximum Gasteiger partial charge on any atom is 0.274 e. The molecule has 138 valence electrons. The van der Waals surface area contributed by atoms with Gasteiger partial charge in [0, 0.05) is 24.7 Å². The van der Waals surface area contributed by atoms with E-state index < -0.39 is 0 Å². The van der Waals surface area contributed by atoms with Crippen LogP contribution in [0.4, 0.5) is 5.82 Å². The van der Waals surface area contributed by atoms with Crippen molar-refractivity contribution in [1.29, 1.82) is 0 Å². The predicted octanol–water partition coefficient (Wildman–Crippen LogP) is 4.40. The van der Waals surface area contributed by atoms with Crippen molar-refractivity contribution in [3.05, 3.63) is 88.8 Å². The second kappa shape index (κ2) is 9.14. The summed E-state index contributed by atoms with van der Waals surface area (Å²) < 4.78 is 0. The molecule has 0 fully saturated rings. The number of rotatable bonds is 7. The molecule has 0 aliphatic carbocycles. The molecule has 1 N–H and O–H groups in total. The van der Waals surface area contributed by atoms with Gasteiger partial charge in [-0.25, -0.2) is 9.97 Å². The fraction of sp³-hybridized carbons (Fsp3) is 0.190. The van der Waals surface area contributed by atoms with E-state index in [1.165, 1.54) is 6.20 Å². The number of nitrogens with one attached hydrogen (secondary N) is 1. The number of benzene rings is 2. The van der Waals surface area contributed by atoms with E-state index in [1.54, 1.807) is 11.1 Å². The second-order valence-corrected chi connectivity index (χ2v) is 6.51. The topological polar surface area (TPSA) is 58.1 Å². The van der Waals surface area contributed by atoms with Crippen LogP contribution in [0.3, 0.4) is 0 Å². The van der Waals surface area contributed by atoms with Gasteiger partial charge >= 0.3 is 0 Å². The minimum absolute atomic E-state index is 0.127. The molecule has 0 spiro atoms. The Morgan fingerprint density at radius 3 is 2.37 bits per heavy atom. The molecule has 1 amide bonds. The molecule has 0 aliphatic heterocycles. The van der Waals surface area contributed by atoms with E-state index in [1.807, 2.05) is 61.5 Å². The number of hydrogen-bond donors (Lipinski definition) is 1. The molecule has 0 aliphatic rings. The Kier molecular flexibility index (Phi) is 6.39. The van der Waals surface area contributed by atoms with Gasteiger partial charge in [0.05, 0.1) is 12.4 Å². The molecule has 0 atom stereocenters. The van der Waals surface area contributed by atoms with Gasteiger partial charge in [0.15, 0.2) is 0 Å². The molecule has 0 radical (unpaired) electrons. The first-order chi connectivity index (χ1) is 13.2. The Labute approximate surface area is 164 Å². The lowest BCUT2D eigenvalue weighted by Gasteiger charge is -2.20. The van der Waals surface area contributed by atoms with Crippen LogP contribution in [0.15, 0.2) is 67.0 Å². The SMILES string of the molecule is CCN(Cc1ccccc1)C(=O)c1cnc(NCc2ccc(Cl)cc2)cn1. The highest BCUT2D eigenvalue weighted by molar-refractivity contribution is 6.30. The minimum atomic E-state index is -0.127. The highest BCUT2D eigenvalue weighted by atomic mass is 35.5. The zero-order chi connectivity index (χ0) is 19.1. The molecule has 0 saturated carbocycles. The van der Waals surface area contributed by atoms with Crippen molar-refractivity contribution < 1.29 is 4.79 Å². The quantitative estimate of drug-likeness (QED) is 0.659. The number of nitrogens with zero attached hydrogens (tertiary/aromatic N) is 3. The summed E-state index contributed by atoms with van der Waals surface area (Å²) in [5, 5.41) is 3.89. The maximum absolute atomic E-state index is 12.7. The van der Waals surface area contributed by atoms with Gasteiger partial charge in [0.25, 0.3) is 5.91 Å². The molecule has 3 rings (SSSR count). The number of anilines is 1. The summed E-state index contributed by atoms with van der Waals surface area (Å²) in [4.78, 5) is 23.0. The summed E-state index contributed by atoms with van der Waals surface area (Å²) >= 11 is 5.89. The van der Waals surface area contributed by atoms with Crippen LogP contribution in [0.5, 0.6) is 0 Å². The predicted molar refractivity (Wildman–Crippen MR) is 108 cm³/mol. The number of halogens is 1. The van der Waals surface area contributed by atoms with Crippen LogP contribution in [0, 0.1) is 0 Å². The summed E-state index contributed by atoms with van der Waals surface area (Å²) in [6.07, 6.45) is 3.10. The van der Waals surface area contributed by atoms with Gasteiger partial charge in [0.1, 0.15) is 11.5 Å². The van der Waals surface area contributed by atoms with Crippen LogP contribution in [-0.4, -0.2) is 27.3 Å². The normalized spacial score (nSPS) is 10.4. The molecule has 5 nitrogen and oxygen atoms in total. The fourth-order valence-electron chi connectivity index (χ4n) is 2.62. The van der Waals surface area contributed by atoms with Crippen molar-refractivity contribution in [1.82, 2.24) is 14.9 Å². The van der Waals surface area contributed by atoms with Crippen LogP contribution in [0.25, 0.3) is 0 Å². The summed E-state index contributed by atoms with van der Waals surface area (Å²) in [7, 11) is 0. The smallest absolute Gasteiger partial charge is 0.274 e. The molecule has 6 heteroatoms. The van der Waals surface area contributed by atoms with Gasteiger partial charge in [-0.2, -0.15) is 0 Å². The molecule has 0 unspecified atom stereocenters. The van der Waals surface area contributed by atoms with E-state index in [0.717, 1.165) is 11.1 Å². The number of aromatic nitrogens is 2. The first kappa shape index (κ1) is 18.9. The Bertz CT molecular complexity index is 867. The lowest BCUT2D eigenvalue weighted by molar-refractivity contribution is 0.0746. The van der Waals surface area contributed by atoms with E-state index in [-0.39, 0.29) is 5.91 Å². The Hall–Kier alpha value is -2.92. The summed E-state index contributed by atoms with van der Waals surface area (Å²) in [6, 6.07) is 17.5. The average Bonchev–Trinajstić information content (AvgIpc) is 2.72. The molecular weight excluding hydrogens is 360 g/mol. The first-order valence-corrected chi connectivity index (χ1v) is 9.17. The largest absolute Gasteiger partial charge is 0.365 e. The number of carbonyl (C=O) groups is 1. The van der Waals surface area contributed by atoms with Crippen molar-refractivity contribution >= 4 is 23.3 Å². The van der Waals surface area contributed by atoms with Crippen molar-refractivity contribution in [3.8, 4) is 0 Å². The summed E-state index contributed by atoms with van der Waals surface area (Å²) in [6.45, 7) is 3.71. The van der Waals surface area contributed by atoms with Crippen LogP contribution in [0.2, 0.25) is 5.02 Å². The minimum Gasteiger partial charge on any atom is -0.365 e. The van der Waals surface area contributed by atoms with Gasteiger partial charge in [-0.15, -0.1) is 0 Å². The van der Waals surface area contributed by atoms with E-state index in [9.17, 15) is 4.79 Å². The summed E-state index contributed by atoms with van der Waals surface area (Å²) in [5.74, 6) is 0.491. The number of carbonyl (C=O) groups excluding carboxylic acids is 1. The molecular formula is C21H21ClN4O. The van der Waals surface area contributed by atoms with E-state index in [4.69, 9.17) is 11.6 Å². The van der Waals surface area contributed by atoms with Crippen LogP contribution in [-0.2, 0) is 13.1 Å². The van der Waals surface area contributed by atoms with E-state index in [2.05, 4.69) is 15.3 Å². The number of amides is 1. The molecule has 2 aromatic carbocycles. The zero-order valence-corrected chi connectivity index (χ0v) is 15.9. The number of hydrogen-bond acceptors (Lipinski definition) is 4. The fourth-order valence-corrected chi connectivity index (χ4v) is 2.74. The average molecular weight is 381 g/mol. The van der Waals surface area contributed by atoms with Gasteiger partial charge in [-0.3, -0.25) is 4.79 Å². The molecule has 1 aromatic heterocycles. The molecule has 0 saturated heterocycles. The highest BCUT2D eigenvalue weighted by Crippen LogP contribution is 2.12. The molecule has 0 bridgehead atoms. The van der Waals surface area contributed by atoms with Gasteiger partial charge < -0.3 is 10.2 Å². The zero-order valence-electron chi connectivity index (χ0n) is 15.1. The lowest BCUT2D eigenvalue weighted by Crippen LogP contribution is -2.31. The lowest BCUT2D eigenvalue weighted by atomic mass is 10.2. The summed E-state index contributed by atoms with van der Waals surface area (Å²) in [5.41, 5.74) is 2.51. The van der Waals surface area contributed by atoms with Crippen molar-refractivity contribution in [2.75, 3.05) is 11.9 Å². The van der Waals surface area contributed by atoms with E-state index in [0.29, 0.717) is 36.2 Å².